The molecule has 1 aliphatic carbocycles. The molecule has 1 saturated heterocycles. The van der Waals surface area contributed by atoms with E-state index in [-0.39, 0.29) is 5.54 Å². The largest absolute Gasteiger partial charge is 0.321 e. The molecule has 18 heavy (non-hydrogen) atoms. The van der Waals surface area contributed by atoms with Crippen LogP contribution in [0.5, 0.6) is 0 Å². The first-order valence-electron chi connectivity index (χ1n) is 6.86. The van der Waals surface area contributed by atoms with Gasteiger partial charge in [0.25, 0.3) is 0 Å². The van der Waals surface area contributed by atoms with Gasteiger partial charge in [-0.25, -0.2) is 0 Å². The van der Waals surface area contributed by atoms with Crippen molar-refractivity contribution < 1.29 is 0 Å². The zero-order valence-electron chi connectivity index (χ0n) is 10.6. The van der Waals surface area contributed by atoms with Crippen LogP contribution in [0.15, 0.2) is 18.2 Å². The zero-order chi connectivity index (χ0) is 12.6. The lowest BCUT2D eigenvalue weighted by molar-refractivity contribution is 0.461. The van der Waals surface area contributed by atoms with Gasteiger partial charge in [0.15, 0.2) is 0 Å². The Morgan fingerprint density at radius 1 is 1.28 bits per heavy atom. The van der Waals surface area contributed by atoms with Gasteiger partial charge in [0.05, 0.1) is 0 Å². The van der Waals surface area contributed by atoms with E-state index >= 15 is 0 Å². The van der Waals surface area contributed by atoms with Gasteiger partial charge < -0.3 is 5.73 Å². The number of thioether (sulfide) groups is 1. The number of hydrogen-bond acceptors (Lipinski definition) is 2. The van der Waals surface area contributed by atoms with Crippen LogP contribution in [-0.4, -0.2) is 11.5 Å². The molecule has 1 aromatic rings. The highest BCUT2D eigenvalue weighted by atomic mass is 35.5. The van der Waals surface area contributed by atoms with Crippen molar-refractivity contribution in [2.24, 2.45) is 5.73 Å². The van der Waals surface area contributed by atoms with E-state index in [1.54, 1.807) is 0 Å². The third-order valence-corrected chi connectivity index (χ3v) is 5.93. The molecule has 1 heterocycles. The van der Waals surface area contributed by atoms with Crippen LogP contribution in [0.25, 0.3) is 0 Å². The second-order valence-electron chi connectivity index (χ2n) is 5.66. The molecule has 1 saturated carbocycles. The van der Waals surface area contributed by atoms with Gasteiger partial charge in [0.1, 0.15) is 0 Å². The number of rotatable bonds is 2. The number of benzene rings is 1. The molecular weight excluding hydrogens is 262 g/mol. The zero-order valence-corrected chi connectivity index (χ0v) is 12.2. The molecule has 1 aliphatic heterocycles. The highest BCUT2D eigenvalue weighted by Crippen LogP contribution is 2.40. The van der Waals surface area contributed by atoms with Crippen LogP contribution in [0, 0.1) is 0 Å². The average molecular weight is 282 g/mol. The summed E-state index contributed by atoms with van der Waals surface area (Å²) < 4.78 is 0. The van der Waals surface area contributed by atoms with Crippen LogP contribution >= 0.6 is 23.4 Å². The smallest absolute Gasteiger partial charge is 0.0444 e. The van der Waals surface area contributed by atoms with Crippen molar-refractivity contribution in [3.05, 3.63) is 34.3 Å². The van der Waals surface area contributed by atoms with Crippen molar-refractivity contribution in [1.82, 2.24) is 0 Å². The first-order chi connectivity index (χ1) is 8.69. The summed E-state index contributed by atoms with van der Waals surface area (Å²) >= 11 is 8.52. The van der Waals surface area contributed by atoms with E-state index in [0.29, 0.717) is 5.92 Å². The lowest BCUT2D eigenvalue weighted by Gasteiger charge is -2.25. The Labute approximate surface area is 118 Å². The third kappa shape index (κ3) is 2.31. The van der Waals surface area contributed by atoms with E-state index in [0.717, 1.165) is 17.9 Å². The van der Waals surface area contributed by atoms with Crippen molar-refractivity contribution in [3.8, 4) is 0 Å². The Morgan fingerprint density at radius 2 is 2.06 bits per heavy atom. The van der Waals surface area contributed by atoms with Gasteiger partial charge in [-0.05, 0) is 48.1 Å². The van der Waals surface area contributed by atoms with Gasteiger partial charge in [-0.15, -0.1) is 0 Å². The fourth-order valence-electron chi connectivity index (χ4n) is 3.24. The molecule has 3 heteroatoms. The van der Waals surface area contributed by atoms with Crippen molar-refractivity contribution in [1.29, 1.82) is 0 Å². The summed E-state index contributed by atoms with van der Waals surface area (Å²) in [6, 6.07) is 6.57. The predicted molar refractivity (Wildman–Crippen MR) is 80.5 cm³/mol. The van der Waals surface area contributed by atoms with Gasteiger partial charge in [0, 0.05) is 16.3 Å². The molecule has 2 N–H and O–H groups in total. The second-order valence-corrected chi connectivity index (χ2v) is 7.22. The van der Waals surface area contributed by atoms with Crippen molar-refractivity contribution in [3.63, 3.8) is 0 Å². The molecule has 98 valence electrons. The van der Waals surface area contributed by atoms with E-state index in [1.165, 1.54) is 41.9 Å². The first-order valence-corrected chi connectivity index (χ1v) is 8.39. The van der Waals surface area contributed by atoms with Gasteiger partial charge in [-0.2, -0.15) is 11.8 Å². The third-order valence-electron chi connectivity index (χ3n) is 4.44. The standard InChI is InChI=1S/C15H20ClNS/c16-14-9-12(15(17)6-1-2-7-15)3-4-13(14)11-5-8-18-10-11/h3-4,9,11H,1-2,5-8,10,17H2. The van der Waals surface area contributed by atoms with E-state index in [1.807, 2.05) is 11.8 Å². The number of nitrogens with two attached hydrogens (primary N) is 1. The Kier molecular flexibility index (Phi) is 3.61. The molecule has 3 rings (SSSR count). The minimum Gasteiger partial charge on any atom is -0.321 e. The lowest BCUT2D eigenvalue weighted by Crippen LogP contribution is -2.33. The van der Waals surface area contributed by atoms with E-state index in [4.69, 9.17) is 17.3 Å². The van der Waals surface area contributed by atoms with Crippen LogP contribution in [0.3, 0.4) is 0 Å². The maximum absolute atomic E-state index is 6.49. The normalized spacial score (nSPS) is 26.7. The average Bonchev–Trinajstić information content (AvgIpc) is 3.00. The molecule has 2 aliphatic rings. The summed E-state index contributed by atoms with van der Waals surface area (Å²) in [5.74, 6) is 3.13. The summed E-state index contributed by atoms with van der Waals surface area (Å²) in [6.07, 6.45) is 5.95. The Morgan fingerprint density at radius 3 is 2.67 bits per heavy atom. The van der Waals surface area contributed by atoms with Crippen LogP contribution in [0.1, 0.15) is 49.1 Å². The molecule has 0 bridgehead atoms. The quantitative estimate of drug-likeness (QED) is 0.875. The van der Waals surface area contributed by atoms with Crippen LogP contribution in [-0.2, 0) is 5.54 Å². The van der Waals surface area contributed by atoms with Crippen molar-refractivity contribution in [2.75, 3.05) is 11.5 Å². The molecule has 1 atom stereocenters. The Bertz CT molecular complexity index is 434. The highest BCUT2D eigenvalue weighted by Gasteiger charge is 2.32. The maximum Gasteiger partial charge on any atom is 0.0444 e. The fourth-order valence-corrected chi connectivity index (χ4v) is 4.83. The maximum atomic E-state index is 6.49. The molecule has 1 nitrogen and oxygen atoms in total. The summed E-state index contributed by atoms with van der Waals surface area (Å²) in [4.78, 5) is 0. The molecule has 1 unspecified atom stereocenters. The first kappa shape index (κ1) is 12.8. The molecule has 0 radical (unpaired) electrons. The summed E-state index contributed by atoms with van der Waals surface area (Å²) in [7, 11) is 0. The van der Waals surface area contributed by atoms with Crippen LogP contribution in [0.2, 0.25) is 5.02 Å². The Hall–Kier alpha value is -0.180. The van der Waals surface area contributed by atoms with Crippen LogP contribution in [0.4, 0.5) is 0 Å². The molecule has 0 amide bonds. The monoisotopic (exact) mass is 281 g/mol. The molecule has 0 aromatic heterocycles. The number of hydrogen-bond donors (Lipinski definition) is 1. The second kappa shape index (κ2) is 5.07. The summed E-state index contributed by atoms with van der Waals surface area (Å²) in [5.41, 5.74) is 8.93. The molecule has 1 aromatic carbocycles. The number of halogens is 1. The minimum absolute atomic E-state index is 0.118. The summed E-state index contributed by atoms with van der Waals surface area (Å²) in [6.45, 7) is 0. The van der Waals surface area contributed by atoms with Crippen LogP contribution < -0.4 is 5.73 Å². The van der Waals surface area contributed by atoms with Crippen molar-refractivity contribution in [2.45, 2.75) is 43.6 Å². The van der Waals surface area contributed by atoms with E-state index in [2.05, 4.69) is 18.2 Å². The SMILES string of the molecule is NC1(c2ccc(C3CCSC3)c(Cl)c2)CCCC1. The predicted octanol–water partition coefficient (Wildman–Crippen LogP) is 4.29. The van der Waals surface area contributed by atoms with Gasteiger partial charge in [-0.3, -0.25) is 0 Å². The summed E-state index contributed by atoms with van der Waals surface area (Å²) in [5, 5.41) is 0.928. The minimum atomic E-state index is -0.118. The fraction of sp³-hybridized carbons (Fsp3) is 0.600. The Balaban J connectivity index is 1.88. The van der Waals surface area contributed by atoms with Gasteiger partial charge in [-0.1, -0.05) is 36.6 Å². The van der Waals surface area contributed by atoms with Crippen molar-refractivity contribution >= 4 is 23.4 Å². The van der Waals surface area contributed by atoms with Gasteiger partial charge in [0.2, 0.25) is 0 Å². The topological polar surface area (TPSA) is 26.0 Å². The van der Waals surface area contributed by atoms with E-state index in [9.17, 15) is 0 Å². The molecule has 2 fully saturated rings. The van der Waals surface area contributed by atoms with Gasteiger partial charge >= 0.3 is 0 Å². The lowest BCUT2D eigenvalue weighted by atomic mass is 9.87. The molecular formula is C15H20ClNS. The van der Waals surface area contributed by atoms with E-state index < -0.39 is 0 Å². The molecule has 0 spiro atoms. The highest BCUT2D eigenvalue weighted by molar-refractivity contribution is 7.99.